The lowest BCUT2D eigenvalue weighted by atomic mass is 10.2. The van der Waals surface area contributed by atoms with Gasteiger partial charge in [0, 0.05) is 12.1 Å². The summed E-state index contributed by atoms with van der Waals surface area (Å²) in [6.07, 6.45) is 2.12. The second-order valence-electron chi connectivity index (χ2n) is 4.42. The quantitative estimate of drug-likeness (QED) is 0.779. The van der Waals surface area contributed by atoms with E-state index in [2.05, 4.69) is 72.1 Å². The lowest BCUT2D eigenvalue weighted by molar-refractivity contribution is 0.561. The van der Waals surface area contributed by atoms with Gasteiger partial charge in [0.1, 0.15) is 6.17 Å². The van der Waals surface area contributed by atoms with Crippen LogP contribution in [0.5, 0.6) is 0 Å². The Morgan fingerprint density at radius 1 is 1.12 bits per heavy atom. The molecule has 0 fully saturated rings. The van der Waals surface area contributed by atoms with Gasteiger partial charge in [0.25, 0.3) is 0 Å². The second kappa shape index (κ2) is 5.07. The zero-order valence-corrected chi connectivity index (χ0v) is 10.6. The molecule has 17 heavy (non-hydrogen) atoms. The van der Waals surface area contributed by atoms with E-state index in [1.165, 1.54) is 10.9 Å². The van der Waals surface area contributed by atoms with Gasteiger partial charge in [-0.3, -0.25) is 5.32 Å². The van der Waals surface area contributed by atoms with Crippen molar-refractivity contribution in [1.82, 2.24) is 9.88 Å². The molecule has 88 valence electrons. The van der Waals surface area contributed by atoms with Gasteiger partial charge in [-0.25, -0.2) is 0 Å². The molecular formula is C15H18N2. The van der Waals surface area contributed by atoms with E-state index in [0.717, 1.165) is 0 Å². The molecule has 2 heteroatoms. The Hall–Kier alpha value is -1.72. The largest absolute Gasteiger partial charge is 0.321 e. The van der Waals surface area contributed by atoms with E-state index in [1.54, 1.807) is 0 Å². The SMILES string of the molecule is CNC(C#CC(C)C)n1ccc2ccccc21. The maximum atomic E-state index is 3.27. The molecule has 1 N–H and O–H groups in total. The van der Waals surface area contributed by atoms with Crippen LogP contribution in [0.1, 0.15) is 20.0 Å². The van der Waals surface area contributed by atoms with E-state index < -0.39 is 0 Å². The van der Waals surface area contributed by atoms with Crippen LogP contribution in [0.25, 0.3) is 10.9 Å². The third-order valence-electron chi connectivity index (χ3n) is 2.69. The summed E-state index contributed by atoms with van der Waals surface area (Å²) in [7, 11) is 1.94. The summed E-state index contributed by atoms with van der Waals surface area (Å²) >= 11 is 0. The molecule has 1 aromatic carbocycles. The van der Waals surface area contributed by atoms with Crippen molar-refractivity contribution in [2.24, 2.45) is 5.92 Å². The number of fused-ring (bicyclic) bond motifs is 1. The Labute approximate surface area is 103 Å². The topological polar surface area (TPSA) is 17.0 Å². The first kappa shape index (κ1) is 11.8. The molecule has 0 aliphatic heterocycles. The van der Waals surface area contributed by atoms with Gasteiger partial charge >= 0.3 is 0 Å². The van der Waals surface area contributed by atoms with Crippen molar-refractivity contribution in [2.45, 2.75) is 20.0 Å². The molecule has 2 aromatic rings. The van der Waals surface area contributed by atoms with E-state index in [-0.39, 0.29) is 6.17 Å². The monoisotopic (exact) mass is 226 g/mol. The second-order valence-corrected chi connectivity index (χ2v) is 4.42. The minimum atomic E-state index is 0.0392. The maximum Gasteiger partial charge on any atom is 0.147 e. The van der Waals surface area contributed by atoms with E-state index in [0.29, 0.717) is 5.92 Å². The van der Waals surface area contributed by atoms with Gasteiger partial charge in [0.05, 0.1) is 5.52 Å². The molecule has 1 heterocycles. The molecule has 2 nitrogen and oxygen atoms in total. The molecule has 1 atom stereocenters. The van der Waals surface area contributed by atoms with Crippen LogP contribution in [0.2, 0.25) is 0 Å². The first-order valence-electron chi connectivity index (χ1n) is 5.96. The number of hydrogen-bond acceptors (Lipinski definition) is 1. The Morgan fingerprint density at radius 2 is 1.88 bits per heavy atom. The first-order valence-corrected chi connectivity index (χ1v) is 5.96. The average molecular weight is 226 g/mol. The first-order chi connectivity index (χ1) is 8.22. The average Bonchev–Trinajstić information content (AvgIpc) is 2.74. The third kappa shape index (κ3) is 2.51. The van der Waals surface area contributed by atoms with Crippen LogP contribution < -0.4 is 5.32 Å². The molecule has 0 aliphatic carbocycles. The molecule has 0 saturated heterocycles. The van der Waals surface area contributed by atoms with Gasteiger partial charge in [-0.1, -0.05) is 43.9 Å². The summed E-state index contributed by atoms with van der Waals surface area (Å²) in [4.78, 5) is 0. The summed E-state index contributed by atoms with van der Waals surface area (Å²) < 4.78 is 2.17. The molecule has 0 spiro atoms. The van der Waals surface area contributed by atoms with Crippen molar-refractivity contribution >= 4 is 10.9 Å². The molecule has 0 radical (unpaired) electrons. The van der Waals surface area contributed by atoms with Crippen LogP contribution in [0.15, 0.2) is 36.5 Å². The Kier molecular flexibility index (Phi) is 3.51. The minimum Gasteiger partial charge on any atom is -0.321 e. The maximum absolute atomic E-state index is 3.27. The Balaban J connectivity index is 2.41. The predicted octanol–water partition coefficient (Wildman–Crippen LogP) is 3.02. The lowest BCUT2D eigenvalue weighted by Crippen LogP contribution is -2.20. The van der Waals surface area contributed by atoms with Crippen LogP contribution in [-0.4, -0.2) is 11.6 Å². The molecule has 0 saturated carbocycles. The Bertz CT molecular complexity index is 555. The summed E-state index contributed by atoms with van der Waals surface area (Å²) in [6, 6.07) is 10.5. The molecule has 2 rings (SSSR count). The summed E-state index contributed by atoms with van der Waals surface area (Å²) in [5.74, 6) is 6.88. The number of benzene rings is 1. The lowest BCUT2D eigenvalue weighted by Gasteiger charge is -2.13. The van der Waals surface area contributed by atoms with E-state index in [9.17, 15) is 0 Å². The highest BCUT2D eigenvalue weighted by molar-refractivity contribution is 5.80. The summed E-state index contributed by atoms with van der Waals surface area (Å²) in [5, 5.41) is 4.49. The number of hydrogen-bond donors (Lipinski definition) is 1. The van der Waals surface area contributed by atoms with Crippen molar-refractivity contribution in [3.8, 4) is 11.8 Å². The zero-order valence-electron chi connectivity index (χ0n) is 10.6. The molecule has 0 amide bonds. The number of para-hydroxylation sites is 1. The molecular weight excluding hydrogens is 208 g/mol. The van der Waals surface area contributed by atoms with Crippen molar-refractivity contribution in [3.63, 3.8) is 0 Å². The van der Waals surface area contributed by atoms with Crippen molar-refractivity contribution in [3.05, 3.63) is 36.5 Å². The molecule has 0 bridgehead atoms. The van der Waals surface area contributed by atoms with Gasteiger partial charge in [0.2, 0.25) is 0 Å². The highest BCUT2D eigenvalue weighted by Gasteiger charge is 2.07. The Morgan fingerprint density at radius 3 is 2.59 bits per heavy atom. The highest BCUT2D eigenvalue weighted by Crippen LogP contribution is 2.18. The van der Waals surface area contributed by atoms with E-state index in [1.807, 2.05) is 7.05 Å². The van der Waals surface area contributed by atoms with Crippen molar-refractivity contribution in [1.29, 1.82) is 0 Å². The normalized spacial score (nSPS) is 12.5. The fourth-order valence-corrected chi connectivity index (χ4v) is 1.86. The van der Waals surface area contributed by atoms with Crippen molar-refractivity contribution < 1.29 is 0 Å². The number of rotatable bonds is 2. The van der Waals surface area contributed by atoms with Gasteiger partial charge in [-0.15, -0.1) is 0 Å². The number of aromatic nitrogens is 1. The molecule has 0 aliphatic rings. The van der Waals surface area contributed by atoms with Crippen molar-refractivity contribution in [2.75, 3.05) is 7.05 Å². The van der Waals surface area contributed by atoms with Gasteiger partial charge in [-0.05, 0) is 24.6 Å². The summed E-state index contributed by atoms with van der Waals surface area (Å²) in [6.45, 7) is 4.21. The minimum absolute atomic E-state index is 0.0392. The standard InChI is InChI=1S/C15H18N2/c1-12(2)8-9-15(16-3)17-11-10-13-6-4-5-7-14(13)17/h4-7,10-12,15-16H,1-3H3. The van der Waals surface area contributed by atoms with Crippen LogP contribution in [-0.2, 0) is 0 Å². The highest BCUT2D eigenvalue weighted by atomic mass is 15.1. The van der Waals surface area contributed by atoms with Gasteiger partial charge in [0.15, 0.2) is 0 Å². The predicted molar refractivity (Wildman–Crippen MR) is 72.6 cm³/mol. The fraction of sp³-hybridized carbons (Fsp3) is 0.333. The molecule has 1 aromatic heterocycles. The van der Waals surface area contributed by atoms with E-state index >= 15 is 0 Å². The van der Waals surface area contributed by atoms with Crippen LogP contribution in [0.4, 0.5) is 0 Å². The number of nitrogens with zero attached hydrogens (tertiary/aromatic N) is 1. The van der Waals surface area contributed by atoms with Gasteiger partial charge in [-0.2, -0.15) is 0 Å². The van der Waals surface area contributed by atoms with Gasteiger partial charge < -0.3 is 4.57 Å². The third-order valence-corrected chi connectivity index (χ3v) is 2.69. The van der Waals surface area contributed by atoms with Crippen LogP contribution in [0, 0.1) is 17.8 Å². The molecule has 1 unspecified atom stereocenters. The van der Waals surface area contributed by atoms with Crippen LogP contribution >= 0.6 is 0 Å². The zero-order chi connectivity index (χ0) is 12.3. The summed E-state index contributed by atoms with van der Waals surface area (Å²) in [5.41, 5.74) is 1.21. The van der Waals surface area contributed by atoms with Crippen LogP contribution in [0.3, 0.4) is 0 Å². The smallest absolute Gasteiger partial charge is 0.147 e. The number of nitrogens with one attached hydrogen (secondary N) is 1. The fourth-order valence-electron chi connectivity index (χ4n) is 1.86. The van der Waals surface area contributed by atoms with E-state index in [4.69, 9.17) is 0 Å².